The minimum atomic E-state index is 0.204. The lowest BCUT2D eigenvalue weighted by molar-refractivity contribution is -0.123. The molecule has 0 aromatic heterocycles. The molecule has 2 bridgehead atoms. The lowest BCUT2D eigenvalue weighted by Crippen LogP contribution is -2.44. The number of hydrogen-bond acceptors (Lipinski definition) is 3. The van der Waals surface area contributed by atoms with Crippen LogP contribution in [-0.2, 0) is 4.79 Å². The zero-order valence-corrected chi connectivity index (χ0v) is 15.3. The number of para-hydroxylation sites is 1. The molecule has 5 atom stereocenters. The highest BCUT2D eigenvalue weighted by atomic mass is 16.2. The number of benzene rings is 1. The molecule has 1 aliphatic heterocycles. The van der Waals surface area contributed by atoms with Gasteiger partial charge in [0.05, 0.1) is 6.54 Å². The maximum atomic E-state index is 12.5. The van der Waals surface area contributed by atoms with Crippen LogP contribution in [0.15, 0.2) is 30.3 Å². The Kier molecular flexibility index (Phi) is 4.98. The van der Waals surface area contributed by atoms with Crippen molar-refractivity contribution >= 4 is 11.6 Å². The van der Waals surface area contributed by atoms with Gasteiger partial charge < -0.3 is 10.6 Å². The van der Waals surface area contributed by atoms with Crippen molar-refractivity contribution in [3.63, 3.8) is 0 Å². The second kappa shape index (κ2) is 7.36. The summed E-state index contributed by atoms with van der Waals surface area (Å²) >= 11 is 0. The maximum absolute atomic E-state index is 12.5. The summed E-state index contributed by atoms with van der Waals surface area (Å²) in [6, 6.07) is 11.1. The van der Waals surface area contributed by atoms with Crippen molar-refractivity contribution in [1.82, 2.24) is 10.2 Å². The average Bonchev–Trinajstić information content (AvgIpc) is 3.33. The second-order valence-corrected chi connectivity index (χ2v) is 8.43. The highest BCUT2D eigenvalue weighted by molar-refractivity contribution is 5.78. The number of anilines is 1. The molecule has 136 valence electrons. The van der Waals surface area contributed by atoms with Gasteiger partial charge in [0, 0.05) is 30.9 Å². The Morgan fingerprint density at radius 1 is 1.20 bits per heavy atom. The van der Waals surface area contributed by atoms with Gasteiger partial charge in [-0.25, -0.2) is 0 Å². The SMILES string of the molecule is CC(NC(=O)CN1CCC(Nc2ccccc2)C1)C1CC2CCC1C2. The van der Waals surface area contributed by atoms with E-state index >= 15 is 0 Å². The van der Waals surface area contributed by atoms with Crippen molar-refractivity contribution < 1.29 is 4.79 Å². The van der Waals surface area contributed by atoms with E-state index in [1.54, 1.807) is 0 Å². The Labute approximate surface area is 151 Å². The molecule has 1 amide bonds. The molecule has 2 aliphatic carbocycles. The predicted molar refractivity (Wildman–Crippen MR) is 101 cm³/mol. The molecule has 4 heteroatoms. The number of amides is 1. The normalized spacial score (nSPS) is 32.7. The van der Waals surface area contributed by atoms with Crippen LogP contribution in [0.25, 0.3) is 0 Å². The fourth-order valence-corrected chi connectivity index (χ4v) is 5.38. The summed E-state index contributed by atoms with van der Waals surface area (Å²) in [6.07, 6.45) is 6.65. The molecule has 4 nitrogen and oxygen atoms in total. The van der Waals surface area contributed by atoms with Gasteiger partial charge in [-0.15, -0.1) is 0 Å². The molecule has 3 fully saturated rings. The summed E-state index contributed by atoms with van der Waals surface area (Å²) < 4.78 is 0. The fraction of sp³-hybridized carbons (Fsp3) is 0.667. The molecule has 1 aromatic carbocycles. The first-order valence-corrected chi connectivity index (χ1v) is 10.0. The van der Waals surface area contributed by atoms with Crippen LogP contribution in [0, 0.1) is 17.8 Å². The second-order valence-electron chi connectivity index (χ2n) is 8.43. The van der Waals surface area contributed by atoms with Crippen LogP contribution < -0.4 is 10.6 Å². The molecule has 1 heterocycles. The Bertz CT molecular complexity index is 590. The Morgan fingerprint density at radius 2 is 2.04 bits per heavy atom. The van der Waals surface area contributed by atoms with E-state index in [1.807, 2.05) is 6.07 Å². The van der Waals surface area contributed by atoms with Crippen molar-refractivity contribution in [1.29, 1.82) is 0 Å². The van der Waals surface area contributed by atoms with E-state index in [2.05, 4.69) is 46.7 Å². The zero-order chi connectivity index (χ0) is 17.2. The fourth-order valence-electron chi connectivity index (χ4n) is 5.38. The third-order valence-electron chi connectivity index (χ3n) is 6.61. The van der Waals surface area contributed by atoms with Gasteiger partial charge in [-0.2, -0.15) is 0 Å². The minimum absolute atomic E-state index is 0.204. The lowest BCUT2D eigenvalue weighted by Gasteiger charge is -2.29. The smallest absolute Gasteiger partial charge is 0.234 e. The van der Waals surface area contributed by atoms with E-state index in [0.717, 1.165) is 31.3 Å². The van der Waals surface area contributed by atoms with Crippen LogP contribution in [0.2, 0.25) is 0 Å². The van der Waals surface area contributed by atoms with Crippen LogP contribution in [0.1, 0.15) is 39.0 Å². The molecule has 25 heavy (non-hydrogen) atoms. The summed E-state index contributed by atoms with van der Waals surface area (Å²) in [4.78, 5) is 14.7. The number of rotatable bonds is 6. The van der Waals surface area contributed by atoms with Crippen molar-refractivity contribution in [2.45, 2.75) is 51.1 Å². The molecule has 4 rings (SSSR count). The maximum Gasteiger partial charge on any atom is 0.234 e. The van der Waals surface area contributed by atoms with Gasteiger partial charge in [0.1, 0.15) is 0 Å². The summed E-state index contributed by atoms with van der Waals surface area (Å²) in [5.74, 6) is 2.73. The number of carbonyl (C=O) groups is 1. The van der Waals surface area contributed by atoms with E-state index in [1.165, 1.54) is 31.4 Å². The number of carbonyl (C=O) groups excluding carboxylic acids is 1. The predicted octanol–water partition coefficient (Wildman–Crippen LogP) is 3.11. The first-order valence-electron chi connectivity index (χ1n) is 10.0. The molecule has 1 saturated heterocycles. The number of fused-ring (bicyclic) bond motifs is 2. The molecule has 2 N–H and O–H groups in total. The van der Waals surface area contributed by atoms with Gasteiger partial charge in [-0.1, -0.05) is 24.6 Å². The van der Waals surface area contributed by atoms with Gasteiger partial charge in [0.15, 0.2) is 0 Å². The molecular weight excluding hydrogens is 310 g/mol. The molecule has 3 aliphatic rings. The van der Waals surface area contributed by atoms with Crippen LogP contribution in [0.3, 0.4) is 0 Å². The van der Waals surface area contributed by atoms with Gasteiger partial charge in [0.25, 0.3) is 0 Å². The van der Waals surface area contributed by atoms with Gasteiger partial charge in [-0.05, 0) is 62.5 Å². The summed E-state index contributed by atoms with van der Waals surface area (Å²) in [7, 11) is 0. The van der Waals surface area contributed by atoms with Gasteiger partial charge in [0.2, 0.25) is 5.91 Å². The number of nitrogens with one attached hydrogen (secondary N) is 2. The largest absolute Gasteiger partial charge is 0.381 e. The quantitative estimate of drug-likeness (QED) is 0.836. The molecule has 0 spiro atoms. The third kappa shape index (κ3) is 4.00. The Balaban J connectivity index is 1.21. The summed E-state index contributed by atoms with van der Waals surface area (Å²) in [5, 5.41) is 6.87. The van der Waals surface area contributed by atoms with E-state index in [-0.39, 0.29) is 5.91 Å². The van der Waals surface area contributed by atoms with Crippen molar-refractivity contribution in [3.05, 3.63) is 30.3 Å². The molecule has 0 radical (unpaired) electrons. The van der Waals surface area contributed by atoms with Gasteiger partial charge in [-0.3, -0.25) is 9.69 Å². The Morgan fingerprint density at radius 3 is 2.76 bits per heavy atom. The highest BCUT2D eigenvalue weighted by Crippen LogP contribution is 2.49. The zero-order valence-electron chi connectivity index (χ0n) is 15.3. The lowest BCUT2D eigenvalue weighted by atomic mass is 9.84. The van der Waals surface area contributed by atoms with E-state index in [0.29, 0.717) is 24.5 Å². The topological polar surface area (TPSA) is 44.4 Å². The van der Waals surface area contributed by atoms with Crippen LogP contribution in [0.5, 0.6) is 0 Å². The van der Waals surface area contributed by atoms with Crippen LogP contribution in [0.4, 0.5) is 5.69 Å². The van der Waals surface area contributed by atoms with E-state index in [4.69, 9.17) is 0 Å². The van der Waals surface area contributed by atoms with Crippen LogP contribution in [-0.4, -0.2) is 42.5 Å². The van der Waals surface area contributed by atoms with E-state index in [9.17, 15) is 4.79 Å². The van der Waals surface area contributed by atoms with Crippen molar-refractivity contribution in [3.8, 4) is 0 Å². The molecular formula is C21H31N3O. The molecule has 1 aromatic rings. The third-order valence-corrected chi connectivity index (χ3v) is 6.61. The number of nitrogens with zero attached hydrogens (tertiary/aromatic N) is 1. The number of likely N-dealkylation sites (tertiary alicyclic amines) is 1. The first kappa shape index (κ1) is 16.9. The van der Waals surface area contributed by atoms with Gasteiger partial charge >= 0.3 is 0 Å². The van der Waals surface area contributed by atoms with Crippen LogP contribution >= 0.6 is 0 Å². The van der Waals surface area contributed by atoms with Crippen molar-refractivity contribution in [2.75, 3.05) is 25.0 Å². The molecule has 5 unspecified atom stereocenters. The summed E-state index contributed by atoms with van der Waals surface area (Å²) in [6.45, 7) is 4.70. The monoisotopic (exact) mass is 341 g/mol. The standard InChI is InChI=1S/C21H31N3O/c1-15(20-12-16-7-8-17(20)11-16)22-21(25)14-24-10-9-19(13-24)23-18-5-3-2-4-6-18/h2-6,15-17,19-20,23H,7-14H2,1H3,(H,22,25). The highest BCUT2D eigenvalue weighted by Gasteiger charge is 2.42. The van der Waals surface area contributed by atoms with Crippen molar-refractivity contribution in [2.24, 2.45) is 17.8 Å². The molecule has 2 saturated carbocycles. The minimum Gasteiger partial charge on any atom is -0.381 e. The van der Waals surface area contributed by atoms with E-state index < -0.39 is 0 Å². The number of hydrogen-bond donors (Lipinski definition) is 2. The average molecular weight is 341 g/mol. The first-order chi connectivity index (χ1) is 12.2. The Hall–Kier alpha value is -1.55. The summed E-state index contributed by atoms with van der Waals surface area (Å²) in [5.41, 5.74) is 1.17.